The lowest BCUT2D eigenvalue weighted by atomic mass is 10.1. The number of nitrogens with one attached hydrogen (secondary N) is 1. The lowest BCUT2D eigenvalue weighted by Gasteiger charge is -2.07. The second-order valence-corrected chi connectivity index (χ2v) is 6.15. The van der Waals surface area contributed by atoms with E-state index < -0.39 is 0 Å². The zero-order valence-corrected chi connectivity index (χ0v) is 12.5. The van der Waals surface area contributed by atoms with Gasteiger partial charge in [0, 0.05) is 41.6 Å². The molecule has 0 bridgehead atoms. The third-order valence-corrected chi connectivity index (χ3v) is 4.52. The number of nitrogens with zero attached hydrogens (tertiary/aromatic N) is 1. The van der Waals surface area contributed by atoms with Crippen molar-refractivity contribution in [1.29, 1.82) is 0 Å². The highest BCUT2D eigenvalue weighted by Crippen LogP contribution is 2.34. The number of benzene rings is 1. The molecule has 0 saturated heterocycles. The van der Waals surface area contributed by atoms with E-state index in [9.17, 15) is 4.79 Å². The van der Waals surface area contributed by atoms with Crippen LogP contribution in [-0.4, -0.2) is 29.9 Å². The highest BCUT2D eigenvalue weighted by Gasteiger charge is 2.14. The van der Waals surface area contributed by atoms with E-state index in [4.69, 9.17) is 0 Å². The van der Waals surface area contributed by atoms with Crippen molar-refractivity contribution in [3.8, 4) is 10.4 Å². The van der Waals surface area contributed by atoms with Crippen LogP contribution in [-0.2, 0) is 0 Å². The van der Waals surface area contributed by atoms with Crippen LogP contribution in [0.5, 0.6) is 0 Å². The van der Waals surface area contributed by atoms with Crippen molar-refractivity contribution in [3.63, 3.8) is 0 Å². The van der Waals surface area contributed by atoms with Gasteiger partial charge >= 0.3 is 0 Å². The average molecular weight is 284 g/mol. The van der Waals surface area contributed by atoms with Crippen LogP contribution >= 0.6 is 11.3 Å². The van der Waals surface area contributed by atoms with Crippen molar-refractivity contribution in [3.05, 3.63) is 47.0 Å². The Morgan fingerprint density at radius 2 is 2.00 bits per heavy atom. The first kappa shape index (κ1) is 12.9. The molecule has 1 amide bonds. The summed E-state index contributed by atoms with van der Waals surface area (Å²) in [5.74, 6) is 0.0530. The SMILES string of the molecule is Cc1cccc2c(-c3ccc(C(=O)N(C)C)s3)c[nH]c12. The van der Waals surface area contributed by atoms with Gasteiger partial charge in [0.25, 0.3) is 5.91 Å². The minimum absolute atomic E-state index is 0.0530. The Hall–Kier alpha value is -2.07. The van der Waals surface area contributed by atoms with Crippen molar-refractivity contribution in [2.75, 3.05) is 14.1 Å². The number of carbonyl (C=O) groups excluding carboxylic acids is 1. The smallest absolute Gasteiger partial charge is 0.263 e. The number of H-pyrrole nitrogens is 1. The van der Waals surface area contributed by atoms with Crippen LogP contribution in [0, 0.1) is 6.92 Å². The van der Waals surface area contributed by atoms with Gasteiger partial charge in [-0.25, -0.2) is 0 Å². The number of amides is 1. The molecule has 102 valence electrons. The Morgan fingerprint density at radius 1 is 1.20 bits per heavy atom. The van der Waals surface area contributed by atoms with Gasteiger partial charge in [-0.2, -0.15) is 0 Å². The minimum Gasteiger partial charge on any atom is -0.360 e. The maximum absolute atomic E-state index is 12.0. The van der Waals surface area contributed by atoms with Crippen LogP contribution in [0.2, 0.25) is 0 Å². The molecule has 0 saturated carbocycles. The monoisotopic (exact) mass is 284 g/mol. The van der Waals surface area contributed by atoms with Gasteiger partial charge in [0.15, 0.2) is 0 Å². The molecule has 0 aliphatic heterocycles. The molecule has 1 aromatic carbocycles. The Morgan fingerprint density at radius 3 is 2.75 bits per heavy atom. The van der Waals surface area contributed by atoms with Crippen LogP contribution in [0.25, 0.3) is 21.3 Å². The second-order valence-electron chi connectivity index (χ2n) is 5.06. The number of fused-ring (bicyclic) bond motifs is 1. The summed E-state index contributed by atoms with van der Waals surface area (Å²) in [7, 11) is 3.55. The van der Waals surface area contributed by atoms with Gasteiger partial charge in [0.05, 0.1) is 4.88 Å². The highest BCUT2D eigenvalue weighted by atomic mass is 32.1. The van der Waals surface area contributed by atoms with Crippen molar-refractivity contribution in [2.24, 2.45) is 0 Å². The first-order chi connectivity index (χ1) is 9.58. The molecule has 0 aliphatic carbocycles. The first-order valence-corrected chi connectivity index (χ1v) is 7.28. The van der Waals surface area contributed by atoms with E-state index in [0.717, 1.165) is 20.8 Å². The summed E-state index contributed by atoms with van der Waals surface area (Å²) < 4.78 is 0. The largest absolute Gasteiger partial charge is 0.360 e. The van der Waals surface area contributed by atoms with Crippen LogP contribution in [0.4, 0.5) is 0 Å². The Bertz CT molecular complexity index is 783. The van der Waals surface area contributed by atoms with E-state index in [0.29, 0.717) is 0 Å². The maximum Gasteiger partial charge on any atom is 0.263 e. The molecule has 3 nitrogen and oxygen atoms in total. The molecule has 0 spiro atoms. The van der Waals surface area contributed by atoms with Gasteiger partial charge in [0.1, 0.15) is 0 Å². The van der Waals surface area contributed by atoms with Gasteiger partial charge in [-0.1, -0.05) is 18.2 Å². The lowest BCUT2D eigenvalue weighted by Crippen LogP contribution is -2.20. The number of thiophene rings is 1. The van der Waals surface area contributed by atoms with E-state index in [1.807, 2.05) is 18.3 Å². The molecule has 3 rings (SSSR count). The number of aromatic amines is 1. The second kappa shape index (κ2) is 4.80. The molecule has 2 aromatic heterocycles. The summed E-state index contributed by atoms with van der Waals surface area (Å²) in [5, 5.41) is 1.20. The predicted octanol–water partition coefficient (Wildman–Crippen LogP) is 3.91. The first-order valence-electron chi connectivity index (χ1n) is 6.46. The van der Waals surface area contributed by atoms with Crippen LogP contribution in [0.15, 0.2) is 36.5 Å². The average Bonchev–Trinajstić information content (AvgIpc) is 3.04. The zero-order valence-electron chi connectivity index (χ0n) is 11.7. The van der Waals surface area contributed by atoms with Gasteiger partial charge in [0.2, 0.25) is 0 Å². The molecule has 0 fully saturated rings. The number of hydrogen-bond acceptors (Lipinski definition) is 2. The summed E-state index contributed by atoms with van der Waals surface area (Å²) in [6.07, 6.45) is 2.02. The summed E-state index contributed by atoms with van der Waals surface area (Å²) in [6.45, 7) is 2.10. The van der Waals surface area contributed by atoms with Crippen LogP contribution in [0.3, 0.4) is 0 Å². The van der Waals surface area contributed by atoms with Crippen molar-refractivity contribution in [1.82, 2.24) is 9.88 Å². The van der Waals surface area contributed by atoms with Gasteiger partial charge in [-0.3, -0.25) is 4.79 Å². The number of aromatic nitrogens is 1. The fourth-order valence-electron chi connectivity index (χ4n) is 2.33. The summed E-state index contributed by atoms with van der Waals surface area (Å²) >= 11 is 1.54. The van der Waals surface area contributed by atoms with E-state index in [1.54, 1.807) is 19.0 Å². The number of hydrogen-bond donors (Lipinski definition) is 1. The Labute approximate surface area is 121 Å². The molecule has 0 atom stereocenters. The molecule has 0 unspecified atom stereocenters. The van der Waals surface area contributed by atoms with Gasteiger partial charge in [-0.05, 0) is 24.6 Å². The van der Waals surface area contributed by atoms with E-state index in [-0.39, 0.29) is 5.91 Å². The lowest BCUT2D eigenvalue weighted by molar-refractivity contribution is 0.0832. The van der Waals surface area contributed by atoms with Crippen molar-refractivity contribution >= 4 is 28.1 Å². The van der Waals surface area contributed by atoms with E-state index >= 15 is 0 Å². The molecule has 4 heteroatoms. The standard InChI is InChI=1S/C16H16N2OS/c1-10-5-4-6-11-12(9-17-15(10)11)13-7-8-14(20-13)16(19)18(2)3/h4-9,17H,1-3H3. The molecule has 3 aromatic rings. The highest BCUT2D eigenvalue weighted by molar-refractivity contribution is 7.17. The Kier molecular flexibility index (Phi) is 3.10. The van der Waals surface area contributed by atoms with Crippen molar-refractivity contribution in [2.45, 2.75) is 6.92 Å². The molecule has 0 radical (unpaired) electrons. The van der Waals surface area contributed by atoms with Gasteiger partial charge in [-0.15, -0.1) is 11.3 Å². The zero-order chi connectivity index (χ0) is 14.3. The molecule has 2 heterocycles. The number of aryl methyl sites for hydroxylation is 1. The summed E-state index contributed by atoms with van der Waals surface area (Å²) in [5.41, 5.74) is 3.55. The summed E-state index contributed by atoms with van der Waals surface area (Å²) in [4.78, 5) is 18.8. The third-order valence-electron chi connectivity index (χ3n) is 3.41. The molecule has 0 aliphatic rings. The van der Waals surface area contributed by atoms with Crippen molar-refractivity contribution < 1.29 is 4.79 Å². The van der Waals surface area contributed by atoms with Crippen LogP contribution < -0.4 is 0 Å². The molecule has 20 heavy (non-hydrogen) atoms. The molecular weight excluding hydrogens is 268 g/mol. The number of para-hydroxylation sites is 1. The predicted molar refractivity (Wildman–Crippen MR) is 84.4 cm³/mol. The molecular formula is C16H16N2OS. The number of carbonyl (C=O) groups is 1. The van der Waals surface area contributed by atoms with E-state index in [1.165, 1.54) is 22.3 Å². The normalized spacial score (nSPS) is 10.9. The van der Waals surface area contributed by atoms with Crippen LogP contribution in [0.1, 0.15) is 15.2 Å². The topological polar surface area (TPSA) is 36.1 Å². The maximum atomic E-state index is 12.0. The fraction of sp³-hybridized carbons (Fsp3) is 0.188. The summed E-state index contributed by atoms with van der Waals surface area (Å²) in [6, 6.07) is 10.2. The number of rotatable bonds is 2. The third kappa shape index (κ3) is 2.02. The van der Waals surface area contributed by atoms with E-state index in [2.05, 4.69) is 30.1 Å². The fourth-order valence-corrected chi connectivity index (χ4v) is 3.39. The molecule has 1 N–H and O–H groups in total. The van der Waals surface area contributed by atoms with Gasteiger partial charge < -0.3 is 9.88 Å². The quantitative estimate of drug-likeness (QED) is 0.761. The Balaban J connectivity index is 2.08. The minimum atomic E-state index is 0.0530.